The van der Waals surface area contributed by atoms with Crippen LogP contribution in [0.1, 0.15) is 6.92 Å². The van der Waals surface area contributed by atoms with Gasteiger partial charge in [0.15, 0.2) is 0 Å². The molecule has 3 aromatic rings. The van der Waals surface area contributed by atoms with Crippen molar-refractivity contribution in [3.05, 3.63) is 60.9 Å². The van der Waals surface area contributed by atoms with Crippen LogP contribution in [0.3, 0.4) is 0 Å². The van der Waals surface area contributed by atoms with Crippen molar-refractivity contribution in [2.45, 2.75) is 13.5 Å². The van der Waals surface area contributed by atoms with Crippen LogP contribution in [0.25, 0.3) is 11.0 Å². The number of hydrogen-bond acceptors (Lipinski definition) is 4. The van der Waals surface area contributed by atoms with Gasteiger partial charge in [-0.2, -0.15) is 0 Å². The SMILES string of the molecule is CCOC(=O)CN(C(=O)Cn1cnc2ccccc21)c1ccccc1. The first-order valence-electron chi connectivity index (χ1n) is 8.10. The fourth-order valence-corrected chi connectivity index (χ4v) is 2.63. The molecule has 0 saturated carbocycles. The van der Waals surface area contributed by atoms with Crippen LogP contribution >= 0.6 is 0 Å². The van der Waals surface area contributed by atoms with E-state index in [0.29, 0.717) is 5.69 Å². The number of rotatable bonds is 6. The van der Waals surface area contributed by atoms with Gasteiger partial charge in [0.1, 0.15) is 13.1 Å². The highest BCUT2D eigenvalue weighted by molar-refractivity contribution is 5.98. The molecule has 25 heavy (non-hydrogen) atoms. The maximum absolute atomic E-state index is 12.9. The molecule has 3 rings (SSSR count). The zero-order chi connectivity index (χ0) is 17.6. The first kappa shape index (κ1) is 16.7. The third kappa shape index (κ3) is 3.85. The highest BCUT2D eigenvalue weighted by Crippen LogP contribution is 2.16. The molecule has 6 nitrogen and oxygen atoms in total. The molecule has 0 aliphatic heterocycles. The van der Waals surface area contributed by atoms with Crippen LogP contribution < -0.4 is 4.90 Å². The number of amides is 1. The second-order valence-corrected chi connectivity index (χ2v) is 5.48. The van der Waals surface area contributed by atoms with Gasteiger partial charge in [0.25, 0.3) is 0 Å². The average Bonchev–Trinajstić information content (AvgIpc) is 3.04. The third-order valence-electron chi connectivity index (χ3n) is 3.79. The molecule has 0 unspecified atom stereocenters. The van der Waals surface area contributed by atoms with Gasteiger partial charge in [-0.3, -0.25) is 14.5 Å². The van der Waals surface area contributed by atoms with E-state index in [4.69, 9.17) is 4.74 Å². The largest absolute Gasteiger partial charge is 0.465 e. The lowest BCUT2D eigenvalue weighted by molar-refractivity contribution is -0.142. The van der Waals surface area contributed by atoms with E-state index < -0.39 is 5.97 Å². The van der Waals surface area contributed by atoms with Gasteiger partial charge in [-0.15, -0.1) is 0 Å². The van der Waals surface area contributed by atoms with Crippen LogP contribution in [0.5, 0.6) is 0 Å². The number of esters is 1. The number of ether oxygens (including phenoxy) is 1. The van der Waals surface area contributed by atoms with E-state index in [2.05, 4.69) is 4.98 Å². The van der Waals surface area contributed by atoms with Gasteiger partial charge in [0.05, 0.1) is 24.0 Å². The molecule has 1 amide bonds. The molecule has 6 heteroatoms. The summed E-state index contributed by atoms with van der Waals surface area (Å²) >= 11 is 0. The molecular formula is C19H19N3O3. The Morgan fingerprint density at radius 2 is 1.80 bits per heavy atom. The van der Waals surface area contributed by atoms with Crippen LogP contribution in [0, 0.1) is 0 Å². The van der Waals surface area contributed by atoms with E-state index in [1.807, 2.05) is 42.5 Å². The summed E-state index contributed by atoms with van der Waals surface area (Å²) in [4.78, 5) is 30.5. The van der Waals surface area contributed by atoms with Crippen LogP contribution in [0.4, 0.5) is 5.69 Å². The van der Waals surface area contributed by atoms with Gasteiger partial charge in [-0.05, 0) is 31.2 Å². The minimum absolute atomic E-state index is 0.0921. The number of imidazole rings is 1. The number of hydrogen-bond donors (Lipinski definition) is 0. The Labute approximate surface area is 145 Å². The van der Waals surface area contributed by atoms with E-state index in [0.717, 1.165) is 11.0 Å². The molecule has 0 bridgehead atoms. The van der Waals surface area contributed by atoms with E-state index in [1.165, 1.54) is 4.90 Å². The molecule has 2 aromatic carbocycles. The number of fused-ring (bicyclic) bond motifs is 1. The number of carbonyl (C=O) groups excluding carboxylic acids is 2. The fourth-order valence-electron chi connectivity index (χ4n) is 2.63. The van der Waals surface area contributed by atoms with Crippen molar-refractivity contribution in [2.75, 3.05) is 18.1 Å². The monoisotopic (exact) mass is 337 g/mol. The average molecular weight is 337 g/mol. The predicted octanol–water partition coefficient (Wildman–Crippen LogP) is 2.63. The van der Waals surface area contributed by atoms with Crippen molar-refractivity contribution in [2.24, 2.45) is 0 Å². The number of nitrogens with zero attached hydrogens (tertiary/aromatic N) is 3. The molecule has 0 saturated heterocycles. The molecule has 0 aliphatic carbocycles. The maximum Gasteiger partial charge on any atom is 0.326 e. The Balaban J connectivity index is 1.84. The van der Waals surface area contributed by atoms with E-state index >= 15 is 0 Å². The molecule has 0 aliphatic rings. The second-order valence-electron chi connectivity index (χ2n) is 5.48. The van der Waals surface area contributed by atoms with Gasteiger partial charge in [0.2, 0.25) is 5.91 Å². The zero-order valence-corrected chi connectivity index (χ0v) is 14.0. The van der Waals surface area contributed by atoms with Gasteiger partial charge >= 0.3 is 5.97 Å². The lowest BCUT2D eigenvalue weighted by Crippen LogP contribution is -2.38. The van der Waals surface area contributed by atoms with Crippen LogP contribution in [-0.2, 0) is 20.9 Å². The molecule has 0 spiro atoms. The Hall–Kier alpha value is -3.15. The standard InChI is InChI=1S/C19H19N3O3/c1-2-25-19(24)13-22(15-8-4-3-5-9-15)18(23)12-21-14-20-16-10-6-7-11-17(16)21/h3-11,14H,2,12-13H2,1H3. The van der Waals surface area contributed by atoms with Gasteiger partial charge < -0.3 is 9.30 Å². The van der Waals surface area contributed by atoms with Gasteiger partial charge in [-0.1, -0.05) is 30.3 Å². The third-order valence-corrected chi connectivity index (χ3v) is 3.79. The number of aromatic nitrogens is 2. The summed E-state index contributed by atoms with van der Waals surface area (Å²) in [7, 11) is 0. The Morgan fingerprint density at radius 3 is 2.56 bits per heavy atom. The van der Waals surface area contributed by atoms with E-state index in [9.17, 15) is 9.59 Å². The molecule has 0 radical (unpaired) electrons. The molecule has 128 valence electrons. The molecule has 1 aromatic heterocycles. The number of anilines is 1. The first-order valence-corrected chi connectivity index (χ1v) is 8.10. The van der Waals surface area contributed by atoms with Crippen molar-refractivity contribution in [3.8, 4) is 0 Å². The van der Waals surface area contributed by atoms with Crippen molar-refractivity contribution in [1.82, 2.24) is 9.55 Å². The summed E-state index contributed by atoms with van der Waals surface area (Å²) < 4.78 is 6.77. The smallest absolute Gasteiger partial charge is 0.326 e. The molecule has 1 heterocycles. The van der Waals surface area contributed by atoms with Gasteiger partial charge in [0, 0.05) is 5.69 Å². The molecule has 0 N–H and O–H groups in total. The first-order chi connectivity index (χ1) is 12.2. The summed E-state index contributed by atoms with van der Waals surface area (Å²) in [6, 6.07) is 16.7. The van der Waals surface area contributed by atoms with E-state index in [1.54, 1.807) is 30.0 Å². The van der Waals surface area contributed by atoms with Crippen LogP contribution in [0.2, 0.25) is 0 Å². The quantitative estimate of drug-likeness (QED) is 0.649. The van der Waals surface area contributed by atoms with Crippen LogP contribution in [-0.4, -0.2) is 34.6 Å². The lowest BCUT2D eigenvalue weighted by Gasteiger charge is -2.22. The van der Waals surface area contributed by atoms with Gasteiger partial charge in [-0.25, -0.2) is 4.98 Å². The molecule has 0 atom stereocenters. The summed E-state index contributed by atoms with van der Waals surface area (Å²) in [6.45, 7) is 1.99. The van der Waals surface area contributed by atoms with Crippen molar-refractivity contribution in [1.29, 1.82) is 0 Å². The zero-order valence-electron chi connectivity index (χ0n) is 14.0. The van der Waals surface area contributed by atoms with Crippen molar-refractivity contribution < 1.29 is 14.3 Å². The minimum Gasteiger partial charge on any atom is -0.465 e. The van der Waals surface area contributed by atoms with Crippen molar-refractivity contribution >= 4 is 28.6 Å². The van der Waals surface area contributed by atoms with Crippen molar-refractivity contribution in [3.63, 3.8) is 0 Å². The summed E-state index contributed by atoms with van der Waals surface area (Å²) in [6.07, 6.45) is 1.64. The molecular weight excluding hydrogens is 318 g/mol. The van der Waals surface area contributed by atoms with E-state index in [-0.39, 0.29) is 25.6 Å². The Morgan fingerprint density at radius 1 is 1.08 bits per heavy atom. The second kappa shape index (κ2) is 7.61. The predicted molar refractivity (Wildman–Crippen MR) is 95.2 cm³/mol. The highest BCUT2D eigenvalue weighted by atomic mass is 16.5. The Bertz CT molecular complexity index is 874. The summed E-state index contributed by atoms with van der Waals surface area (Å²) in [5, 5.41) is 0. The maximum atomic E-state index is 12.9. The lowest BCUT2D eigenvalue weighted by atomic mass is 10.2. The highest BCUT2D eigenvalue weighted by Gasteiger charge is 2.20. The number of benzene rings is 2. The summed E-state index contributed by atoms with van der Waals surface area (Å²) in [5.74, 6) is -0.641. The normalized spacial score (nSPS) is 10.6. The topological polar surface area (TPSA) is 64.4 Å². The fraction of sp³-hybridized carbons (Fsp3) is 0.211. The molecule has 0 fully saturated rings. The number of carbonyl (C=O) groups is 2. The number of para-hydroxylation sites is 3. The minimum atomic E-state index is -0.435. The Kier molecular flexibility index (Phi) is 5.09. The summed E-state index contributed by atoms with van der Waals surface area (Å²) in [5.41, 5.74) is 2.36. The van der Waals surface area contributed by atoms with Crippen LogP contribution in [0.15, 0.2) is 60.9 Å².